The van der Waals surface area contributed by atoms with Crippen molar-refractivity contribution in [2.45, 2.75) is 0 Å². The van der Waals surface area contributed by atoms with E-state index in [-0.39, 0.29) is 5.56 Å². The third-order valence-electron chi connectivity index (χ3n) is 1.75. The van der Waals surface area contributed by atoms with Gasteiger partial charge in [-0.3, -0.25) is 0 Å². The molecule has 0 bridgehead atoms. The molecule has 16 heavy (non-hydrogen) atoms. The molecule has 0 fully saturated rings. The van der Waals surface area contributed by atoms with Crippen LogP contribution in [0.5, 0.6) is 0 Å². The largest absolute Gasteiger partial charge is 0.223 e. The van der Waals surface area contributed by atoms with Gasteiger partial charge in [0.05, 0.1) is 0 Å². The fourth-order valence-corrected chi connectivity index (χ4v) is 1.49. The van der Waals surface area contributed by atoms with Gasteiger partial charge in [-0.25, -0.2) is 17.2 Å². The van der Waals surface area contributed by atoms with E-state index < -0.39 is 26.4 Å². The molecule has 0 aliphatic carbocycles. The van der Waals surface area contributed by atoms with Crippen LogP contribution in [-0.4, -0.2) is 14.7 Å². The third kappa shape index (κ3) is 2.87. The van der Waals surface area contributed by atoms with Crippen LogP contribution in [0.1, 0.15) is 5.56 Å². The van der Waals surface area contributed by atoms with Crippen LogP contribution in [0.15, 0.2) is 23.1 Å². The van der Waals surface area contributed by atoms with E-state index >= 15 is 0 Å². The number of halogens is 2. The summed E-state index contributed by atoms with van der Waals surface area (Å²) in [7, 11) is -3.65. The minimum Gasteiger partial charge on any atom is -0.223 e. The summed E-state index contributed by atoms with van der Waals surface area (Å²) in [4.78, 5) is -0.501. The van der Waals surface area contributed by atoms with E-state index in [1.807, 2.05) is 0 Å². The Balaban J connectivity index is 3.27. The van der Waals surface area contributed by atoms with Crippen LogP contribution < -0.4 is 0 Å². The summed E-state index contributed by atoms with van der Waals surface area (Å²) in [6, 6.07) is 4.34. The number of nitriles is 1. The molecule has 1 aromatic rings. The second-order valence-electron chi connectivity index (χ2n) is 3.07. The summed E-state index contributed by atoms with van der Waals surface area (Å²) in [6.07, 6.45) is 1.85. The SMILES string of the molecule is CS(=O)(=O)/C(C#N)=C\c1ccc(F)c(F)c1. The number of allylic oxidation sites excluding steroid dienone is 1. The van der Waals surface area contributed by atoms with Gasteiger partial charge in [-0.2, -0.15) is 5.26 Å². The highest BCUT2D eigenvalue weighted by Crippen LogP contribution is 2.14. The highest BCUT2D eigenvalue weighted by Gasteiger charge is 2.11. The molecule has 1 aromatic carbocycles. The summed E-state index contributed by atoms with van der Waals surface area (Å²) in [5, 5.41) is 8.58. The molecule has 0 amide bonds. The summed E-state index contributed by atoms with van der Waals surface area (Å²) in [6.45, 7) is 0. The van der Waals surface area contributed by atoms with Gasteiger partial charge in [0.25, 0.3) is 0 Å². The average molecular weight is 243 g/mol. The highest BCUT2D eigenvalue weighted by molar-refractivity contribution is 7.95. The van der Waals surface area contributed by atoms with E-state index in [4.69, 9.17) is 5.26 Å². The van der Waals surface area contributed by atoms with Gasteiger partial charge >= 0.3 is 0 Å². The van der Waals surface area contributed by atoms with Gasteiger partial charge in [0.1, 0.15) is 11.0 Å². The number of nitrogens with zero attached hydrogens (tertiary/aromatic N) is 1. The summed E-state index contributed by atoms with van der Waals surface area (Å²) in [5.74, 6) is -2.13. The molecule has 0 atom stereocenters. The minimum atomic E-state index is -3.65. The molecule has 84 valence electrons. The molecule has 0 aliphatic rings. The normalized spacial score (nSPS) is 12.2. The third-order valence-corrected chi connectivity index (χ3v) is 2.76. The van der Waals surface area contributed by atoms with Crippen LogP contribution in [0, 0.1) is 23.0 Å². The van der Waals surface area contributed by atoms with Gasteiger partial charge in [-0.05, 0) is 23.8 Å². The van der Waals surface area contributed by atoms with Gasteiger partial charge in [0.2, 0.25) is 0 Å². The van der Waals surface area contributed by atoms with Crippen LogP contribution in [0.25, 0.3) is 6.08 Å². The lowest BCUT2D eigenvalue weighted by atomic mass is 10.2. The van der Waals surface area contributed by atoms with E-state index in [2.05, 4.69) is 0 Å². The summed E-state index contributed by atoms with van der Waals surface area (Å²) >= 11 is 0. The molecule has 0 radical (unpaired) electrons. The van der Waals surface area contributed by atoms with Gasteiger partial charge in [0, 0.05) is 6.26 Å². The highest BCUT2D eigenvalue weighted by atomic mass is 32.2. The predicted molar refractivity (Wildman–Crippen MR) is 54.8 cm³/mol. The monoisotopic (exact) mass is 243 g/mol. The van der Waals surface area contributed by atoms with Crippen molar-refractivity contribution < 1.29 is 17.2 Å². The molecule has 0 aromatic heterocycles. The second kappa shape index (κ2) is 4.41. The van der Waals surface area contributed by atoms with Crippen molar-refractivity contribution >= 4 is 15.9 Å². The minimum absolute atomic E-state index is 0.112. The zero-order chi connectivity index (χ0) is 12.3. The molecular formula is C10H7F2NO2S. The van der Waals surface area contributed by atoms with Crippen LogP contribution in [0.3, 0.4) is 0 Å². The van der Waals surface area contributed by atoms with Crippen molar-refractivity contribution in [2.75, 3.05) is 6.26 Å². The van der Waals surface area contributed by atoms with E-state index in [1.165, 1.54) is 12.1 Å². The Hall–Kier alpha value is -1.74. The first kappa shape index (κ1) is 12.3. The first-order valence-electron chi connectivity index (χ1n) is 4.11. The summed E-state index contributed by atoms with van der Waals surface area (Å²) in [5.41, 5.74) is 0.112. The molecule has 3 nitrogen and oxygen atoms in total. The lowest BCUT2D eigenvalue weighted by Crippen LogP contribution is -1.98. The van der Waals surface area contributed by atoms with Crippen molar-refractivity contribution in [3.63, 3.8) is 0 Å². The zero-order valence-electron chi connectivity index (χ0n) is 8.24. The number of rotatable bonds is 2. The Kier molecular flexibility index (Phi) is 3.40. The Labute approximate surface area is 91.6 Å². The Morgan fingerprint density at radius 1 is 1.38 bits per heavy atom. The van der Waals surface area contributed by atoms with Crippen molar-refractivity contribution in [1.82, 2.24) is 0 Å². The fraction of sp³-hybridized carbons (Fsp3) is 0.100. The lowest BCUT2D eigenvalue weighted by molar-refractivity contribution is 0.508. The van der Waals surface area contributed by atoms with Crippen LogP contribution in [0.4, 0.5) is 8.78 Å². The maximum absolute atomic E-state index is 12.8. The molecule has 0 heterocycles. The molecule has 0 aliphatic heterocycles. The maximum atomic E-state index is 12.8. The predicted octanol–water partition coefficient (Wildman–Crippen LogP) is 1.87. The molecule has 1 rings (SSSR count). The standard InChI is InChI=1S/C10H7F2NO2S/c1-16(14,15)8(6-13)4-7-2-3-9(11)10(12)5-7/h2-5H,1H3/b8-4-. The lowest BCUT2D eigenvalue weighted by Gasteiger charge is -1.97. The molecule has 0 N–H and O–H groups in total. The first-order chi connectivity index (χ1) is 7.34. The van der Waals surface area contributed by atoms with Crippen LogP contribution >= 0.6 is 0 Å². The number of benzene rings is 1. The second-order valence-corrected chi connectivity index (χ2v) is 5.05. The molecule has 6 heteroatoms. The van der Waals surface area contributed by atoms with Crippen LogP contribution in [-0.2, 0) is 9.84 Å². The summed E-state index contributed by atoms with van der Waals surface area (Å²) < 4.78 is 47.5. The van der Waals surface area contributed by atoms with Gasteiger partial charge in [-0.15, -0.1) is 0 Å². The smallest absolute Gasteiger partial charge is 0.185 e. The van der Waals surface area contributed by atoms with E-state index in [9.17, 15) is 17.2 Å². The van der Waals surface area contributed by atoms with Crippen molar-refractivity contribution in [1.29, 1.82) is 5.26 Å². The number of sulfone groups is 1. The number of hydrogen-bond donors (Lipinski definition) is 0. The van der Waals surface area contributed by atoms with Gasteiger partial charge < -0.3 is 0 Å². The zero-order valence-corrected chi connectivity index (χ0v) is 9.05. The number of hydrogen-bond acceptors (Lipinski definition) is 3. The van der Waals surface area contributed by atoms with E-state index in [1.54, 1.807) is 0 Å². The molecule has 0 spiro atoms. The topological polar surface area (TPSA) is 57.9 Å². The van der Waals surface area contributed by atoms with Crippen LogP contribution in [0.2, 0.25) is 0 Å². The fourth-order valence-electron chi connectivity index (χ4n) is 0.976. The molecule has 0 unspecified atom stereocenters. The van der Waals surface area contributed by atoms with Gasteiger partial charge in [-0.1, -0.05) is 6.07 Å². The van der Waals surface area contributed by atoms with Crippen molar-refractivity contribution in [3.8, 4) is 6.07 Å². The van der Waals surface area contributed by atoms with E-state index in [0.717, 1.165) is 24.5 Å². The molecule has 0 saturated heterocycles. The molecule has 0 saturated carbocycles. The molecular weight excluding hydrogens is 236 g/mol. The Bertz CT molecular complexity index is 585. The Morgan fingerprint density at radius 2 is 2.00 bits per heavy atom. The Morgan fingerprint density at radius 3 is 2.44 bits per heavy atom. The quantitative estimate of drug-likeness (QED) is 0.745. The van der Waals surface area contributed by atoms with Gasteiger partial charge in [0.15, 0.2) is 21.5 Å². The van der Waals surface area contributed by atoms with E-state index in [0.29, 0.717) is 0 Å². The van der Waals surface area contributed by atoms with Crippen molar-refractivity contribution in [2.24, 2.45) is 0 Å². The first-order valence-corrected chi connectivity index (χ1v) is 6.00. The van der Waals surface area contributed by atoms with Crippen molar-refractivity contribution in [3.05, 3.63) is 40.3 Å². The average Bonchev–Trinajstić information content (AvgIpc) is 2.18. The maximum Gasteiger partial charge on any atom is 0.185 e.